The first-order chi connectivity index (χ1) is 29.1. The lowest BCUT2D eigenvalue weighted by Crippen LogP contribution is -2.37. The molecule has 0 amide bonds. The maximum absolute atomic E-state index is 12.7. The number of quaternary nitrogens is 1. The molecule has 0 aliphatic heterocycles. The molecule has 2 atom stereocenters. The summed E-state index contributed by atoms with van der Waals surface area (Å²) in [6.45, 7) is 5.60. The van der Waals surface area contributed by atoms with Crippen molar-refractivity contribution in [2.45, 2.75) is 232 Å². The van der Waals surface area contributed by atoms with E-state index in [9.17, 15) is 14.3 Å². The summed E-state index contributed by atoms with van der Waals surface area (Å²) < 4.78 is 35.1. The number of hydrogen-bond donors (Lipinski definition) is 1. The van der Waals surface area contributed by atoms with Gasteiger partial charge in [-0.1, -0.05) is 185 Å². The Labute approximate surface area is 372 Å². The largest absolute Gasteiger partial charge is 0.472 e. The van der Waals surface area contributed by atoms with Gasteiger partial charge in [-0.25, -0.2) is 4.57 Å². The van der Waals surface area contributed by atoms with Crippen molar-refractivity contribution in [3.8, 4) is 0 Å². The zero-order valence-electron chi connectivity index (χ0n) is 40.2. The van der Waals surface area contributed by atoms with E-state index in [4.69, 9.17) is 18.5 Å². The van der Waals surface area contributed by atoms with Gasteiger partial charge in [0.2, 0.25) is 0 Å². The molecule has 354 valence electrons. The van der Waals surface area contributed by atoms with Crippen LogP contribution >= 0.6 is 7.82 Å². The zero-order chi connectivity index (χ0) is 44.1. The fourth-order valence-electron chi connectivity index (χ4n) is 6.99. The molecule has 0 aromatic heterocycles. The predicted molar refractivity (Wildman–Crippen MR) is 256 cm³/mol. The third-order valence-electron chi connectivity index (χ3n) is 10.9. The molecule has 2 unspecified atom stereocenters. The highest BCUT2D eigenvalue weighted by molar-refractivity contribution is 7.47. The van der Waals surface area contributed by atoms with Crippen LogP contribution in [0.5, 0.6) is 0 Å². The molecule has 9 heteroatoms. The Bertz CT molecular complexity index is 1060. The van der Waals surface area contributed by atoms with Crippen LogP contribution in [0, 0.1) is 0 Å². The van der Waals surface area contributed by atoms with E-state index < -0.39 is 13.9 Å². The van der Waals surface area contributed by atoms with Crippen LogP contribution in [0.4, 0.5) is 0 Å². The molecule has 0 aliphatic carbocycles. The number of ether oxygens (including phenoxy) is 2. The van der Waals surface area contributed by atoms with Gasteiger partial charge in [-0.3, -0.25) is 13.8 Å². The lowest BCUT2D eigenvalue weighted by molar-refractivity contribution is -0.870. The number of likely N-dealkylation sites (N-methyl/N-ethyl adjacent to an activating group) is 1. The summed E-state index contributed by atoms with van der Waals surface area (Å²) in [6, 6.07) is 0. The first-order valence-electron chi connectivity index (χ1n) is 25.2. The van der Waals surface area contributed by atoms with Crippen molar-refractivity contribution < 1.29 is 37.3 Å². The second-order valence-electron chi connectivity index (χ2n) is 18.2. The van der Waals surface area contributed by atoms with Crippen LogP contribution in [-0.2, 0) is 27.9 Å². The molecule has 0 saturated heterocycles. The number of allylic oxidation sites excluding steroid dienone is 6. The Morgan fingerprint density at radius 2 is 0.917 bits per heavy atom. The van der Waals surface area contributed by atoms with Crippen molar-refractivity contribution >= 4 is 13.8 Å². The SMILES string of the molecule is CCCCC/C=C\CCCCCCCCOCC(COP(=O)(O)OCC[N+](C)(C)C)OC(=O)CCCCCCCCCCCCCCC/C=C\C/C=C\CCCCCCC. The fourth-order valence-corrected chi connectivity index (χ4v) is 7.73. The number of nitrogens with zero attached hydrogens (tertiary/aromatic N) is 1. The molecule has 0 radical (unpaired) electrons. The molecule has 0 bridgehead atoms. The van der Waals surface area contributed by atoms with Crippen molar-refractivity contribution in [2.75, 3.05) is 54.1 Å². The summed E-state index contributed by atoms with van der Waals surface area (Å²) in [5, 5.41) is 0. The lowest BCUT2D eigenvalue weighted by atomic mass is 10.0. The Morgan fingerprint density at radius 3 is 1.40 bits per heavy atom. The molecule has 1 N–H and O–H groups in total. The maximum Gasteiger partial charge on any atom is 0.472 e. The van der Waals surface area contributed by atoms with Crippen molar-refractivity contribution in [1.82, 2.24) is 0 Å². The van der Waals surface area contributed by atoms with E-state index in [1.807, 2.05) is 21.1 Å². The fraction of sp³-hybridized carbons (Fsp3) is 0.863. The lowest BCUT2D eigenvalue weighted by Gasteiger charge is -2.24. The topological polar surface area (TPSA) is 91.3 Å². The van der Waals surface area contributed by atoms with Crippen molar-refractivity contribution in [3.63, 3.8) is 0 Å². The highest BCUT2D eigenvalue weighted by Crippen LogP contribution is 2.43. The van der Waals surface area contributed by atoms with Crippen molar-refractivity contribution in [2.24, 2.45) is 0 Å². The van der Waals surface area contributed by atoms with Crippen LogP contribution < -0.4 is 0 Å². The number of carbonyl (C=O) groups excluding carboxylic acids is 1. The molecule has 0 saturated carbocycles. The van der Waals surface area contributed by atoms with Gasteiger partial charge in [0.25, 0.3) is 0 Å². The quantitative estimate of drug-likeness (QED) is 0.0214. The van der Waals surface area contributed by atoms with E-state index in [1.54, 1.807) is 0 Å². The number of hydrogen-bond acceptors (Lipinski definition) is 6. The van der Waals surface area contributed by atoms with Crippen LogP contribution in [0.2, 0.25) is 0 Å². The maximum atomic E-state index is 12.7. The average molecular weight is 869 g/mol. The normalized spacial score (nSPS) is 13.9. The van der Waals surface area contributed by atoms with E-state index in [-0.39, 0.29) is 25.8 Å². The summed E-state index contributed by atoms with van der Waals surface area (Å²) in [7, 11) is 1.67. The number of unbranched alkanes of at least 4 members (excludes halogenated alkanes) is 27. The van der Waals surface area contributed by atoms with E-state index in [2.05, 4.69) is 50.3 Å². The van der Waals surface area contributed by atoms with Gasteiger partial charge in [0.15, 0.2) is 0 Å². The molecule has 0 aromatic carbocycles. The highest BCUT2D eigenvalue weighted by Gasteiger charge is 2.26. The Balaban J connectivity index is 4.07. The first kappa shape index (κ1) is 58.7. The minimum atomic E-state index is -4.28. The van der Waals surface area contributed by atoms with Gasteiger partial charge in [0.05, 0.1) is 34.4 Å². The monoisotopic (exact) mass is 869 g/mol. The van der Waals surface area contributed by atoms with Crippen LogP contribution in [0.15, 0.2) is 36.5 Å². The van der Waals surface area contributed by atoms with Crippen molar-refractivity contribution in [1.29, 1.82) is 0 Å². The standard InChI is InChI=1S/C51H98NO7P/c1-6-8-10-12-14-16-18-20-21-22-23-24-25-26-27-28-29-30-31-32-34-36-38-40-42-44-51(53)59-50(49-58-60(54,55)57-47-45-52(3,4)5)48-56-46-43-41-39-37-35-33-19-17-15-13-11-9-7-2/h15,17-18,20,22-23,50H,6-14,16,19,21,24-49H2,1-5H3/p+1/b17-15-,20-18-,23-22-. The van der Waals surface area contributed by atoms with Crippen LogP contribution in [0.3, 0.4) is 0 Å². The van der Waals surface area contributed by atoms with Gasteiger partial charge in [-0.15, -0.1) is 0 Å². The Morgan fingerprint density at radius 1 is 0.517 bits per heavy atom. The molecule has 0 fully saturated rings. The molecule has 0 aliphatic rings. The highest BCUT2D eigenvalue weighted by atomic mass is 31.2. The number of rotatable bonds is 47. The summed E-state index contributed by atoms with van der Waals surface area (Å²) in [4.78, 5) is 23.0. The number of esters is 1. The summed E-state index contributed by atoms with van der Waals surface area (Å²) in [5.41, 5.74) is 0. The van der Waals surface area contributed by atoms with E-state index in [1.165, 1.54) is 167 Å². The molecule has 60 heavy (non-hydrogen) atoms. The van der Waals surface area contributed by atoms with Gasteiger partial charge < -0.3 is 18.9 Å². The van der Waals surface area contributed by atoms with E-state index >= 15 is 0 Å². The average Bonchev–Trinajstić information content (AvgIpc) is 3.20. The number of phosphoric acid groups is 1. The minimum Gasteiger partial charge on any atom is -0.457 e. The summed E-state index contributed by atoms with van der Waals surface area (Å²) in [6.07, 6.45) is 53.3. The Hall–Kier alpha value is -1.28. The van der Waals surface area contributed by atoms with Crippen LogP contribution in [-0.4, -0.2) is 75.6 Å². The smallest absolute Gasteiger partial charge is 0.457 e. The molecular weight excluding hydrogens is 770 g/mol. The summed E-state index contributed by atoms with van der Waals surface area (Å²) in [5.74, 6) is -0.315. The third-order valence-corrected chi connectivity index (χ3v) is 11.9. The van der Waals surface area contributed by atoms with Gasteiger partial charge in [0, 0.05) is 13.0 Å². The molecule has 0 aromatic rings. The second kappa shape index (κ2) is 44.3. The number of phosphoric ester groups is 1. The molecule has 0 rings (SSSR count). The van der Waals surface area contributed by atoms with Crippen LogP contribution in [0.1, 0.15) is 226 Å². The van der Waals surface area contributed by atoms with Gasteiger partial charge in [-0.05, 0) is 70.6 Å². The molecule has 8 nitrogen and oxygen atoms in total. The molecule has 0 spiro atoms. The van der Waals surface area contributed by atoms with Gasteiger partial charge in [-0.2, -0.15) is 0 Å². The molecular formula is C51H99NO7P+. The molecule has 0 heterocycles. The van der Waals surface area contributed by atoms with Crippen molar-refractivity contribution in [3.05, 3.63) is 36.5 Å². The third kappa shape index (κ3) is 47.8. The first-order valence-corrected chi connectivity index (χ1v) is 26.7. The van der Waals surface area contributed by atoms with Gasteiger partial charge >= 0.3 is 13.8 Å². The summed E-state index contributed by atoms with van der Waals surface area (Å²) >= 11 is 0. The van der Waals surface area contributed by atoms with Crippen LogP contribution in [0.25, 0.3) is 0 Å². The number of carbonyl (C=O) groups is 1. The van der Waals surface area contributed by atoms with E-state index in [0.29, 0.717) is 24.1 Å². The zero-order valence-corrected chi connectivity index (χ0v) is 41.1. The second-order valence-corrected chi connectivity index (χ2v) is 19.6. The Kier molecular flexibility index (Phi) is 43.4. The predicted octanol–water partition coefficient (Wildman–Crippen LogP) is 15.3. The minimum absolute atomic E-state index is 0.0879. The van der Waals surface area contributed by atoms with E-state index in [0.717, 1.165) is 38.5 Å². The van der Waals surface area contributed by atoms with Gasteiger partial charge in [0.1, 0.15) is 19.3 Å².